The highest BCUT2D eigenvalue weighted by Gasteiger charge is 2.12. The van der Waals surface area contributed by atoms with Gasteiger partial charge in [0.25, 0.3) is 0 Å². The highest BCUT2D eigenvalue weighted by atomic mass is 79.9. The van der Waals surface area contributed by atoms with Crippen molar-refractivity contribution in [3.63, 3.8) is 0 Å². The fourth-order valence-electron chi connectivity index (χ4n) is 1.11. The summed E-state index contributed by atoms with van der Waals surface area (Å²) in [6.07, 6.45) is 0.736. The molecule has 0 spiro atoms. The fraction of sp³-hybridized carbons (Fsp3) is 0.273. The van der Waals surface area contributed by atoms with Gasteiger partial charge in [0.1, 0.15) is 0 Å². The van der Waals surface area contributed by atoms with Crippen LogP contribution in [-0.4, -0.2) is 16.3 Å². The Balaban J connectivity index is 2.96. The lowest BCUT2D eigenvalue weighted by atomic mass is 10.2. The summed E-state index contributed by atoms with van der Waals surface area (Å²) in [6, 6.07) is 7.24. The van der Waals surface area contributed by atoms with Crippen molar-refractivity contribution < 1.29 is 9.90 Å². The number of nitrogens with zero attached hydrogens (tertiary/aromatic N) is 1. The first-order chi connectivity index (χ1) is 7.58. The first-order valence-corrected chi connectivity index (χ1v) is 6.34. The summed E-state index contributed by atoms with van der Waals surface area (Å²) in [6.45, 7) is 1.93. The number of thioether (sulfide) groups is 1. The molecular weight excluding hydrogens is 290 g/mol. The van der Waals surface area contributed by atoms with Gasteiger partial charge in [-0.05, 0) is 40.5 Å². The third-order valence-electron chi connectivity index (χ3n) is 1.96. The van der Waals surface area contributed by atoms with Gasteiger partial charge in [0.15, 0.2) is 0 Å². The average Bonchev–Trinajstić information content (AvgIpc) is 2.27. The van der Waals surface area contributed by atoms with Crippen LogP contribution in [0.3, 0.4) is 0 Å². The van der Waals surface area contributed by atoms with E-state index in [1.807, 2.05) is 6.92 Å². The molecular formula is C11H10BrNO2S. The Morgan fingerprint density at radius 2 is 2.38 bits per heavy atom. The molecule has 1 N–H and O–H groups in total. The minimum absolute atomic E-state index is 0.136. The highest BCUT2D eigenvalue weighted by molar-refractivity contribution is 9.10. The minimum atomic E-state index is -0.973. The second-order valence-electron chi connectivity index (χ2n) is 3.09. The number of benzene rings is 1. The molecule has 0 radical (unpaired) electrons. The zero-order chi connectivity index (χ0) is 12.1. The van der Waals surface area contributed by atoms with Crippen molar-refractivity contribution >= 4 is 33.7 Å². The Hall–Kier alpha value is -0.990. The zero-order valence-electron chi connectivity index (χ0n) is 8.61. The Morgan fingerprint density at radius 3 is 2.88 bits per heavy atom. The molecule has 0 aliphatic rings. The average molecular weight is 300 g/mol. The van der Waals surface area contributed by atoms with E-state index in [1.54, 1.807) is 18.2 Å². The second kappa shape index (κ2) is 5.92. The van der Waals surface area contributed by atoms with Crippen molar-refractivity contribution in [3.05, 3.63) is 28.2 Å². The molecule has 0 aliphatic heterocycles. The molecule has 0 heterocycles. The van der Waals surface area contributed by atoms with Crippen LogP contribution < -0.4 is 0 Å². The quantitative estimate of drug-likeness (QED) is 0.864. The topological polar surface area (TPSA) is 61.1 Å². The van der Waals surface area contributed by atoms with Gasteiger partial charge in [0, 0.05) is 9.37 Å². The summed E-state index contributed by atoms with van der Waals surface area (Å²) in [5, 5.41) is 17.6. The molecule has 0 bridgehead atoms. The predicted octanol–water partition coefficient (Wildman–Crippen LogP) is 3.54. The molecule has 0 aromatic heterocycles. The van der Waals surface area contributed by atoms with Crippen molar-refractivity contribution in [1.82, 2.24) is 0 Å². The fourth-order valence-corrected chi connectivity index (χ4v) is 2.40. The molecule has 1 unspecified atom stereocenters. The van der Waals surface area contributed by atoms with E-state index in [-0.39, 0.29) is 10.8 Å². The molecule has 0 saturated heterocycles. The lowest BCUT2D eigenvalue weighted by Crippen LogP contribution is -1.99. The monoisotopic (exact) mass is 299 g/mol. The molecule has 5 heteroatoms. The molecule has 1 atom stereocenters. The van der Waals surface area contributed by atoms with Crippen LogP contribution in [0.5, 0.6) is 0 Å². The Morgan fingerprint density at radius 1 is 1.69 bits per heavy atom. The SMILES string of the molecule is CCC(C#N)Sc1ccc(Br)c(C(=O)O)c1. The van der Waals surface area contributed by atoms with Crippen LogP contribution in [0.25, 0.3) is 0 Å². The van der Waals surface area contributed by atoms with E-state index in [0.29, 0.717) is 4.47 Å². The number of carboxylic acid groups (broad SMARTS) is 1. The number of halogens is 1. The molecule has 1 rings (SSSR count). The Kier molecular flexibility index (Phi) is 4.84. The summed E-state index contributed by atoms with van der Waals surface area (Å²) in [5.74, 6) is -0.973. The van der Waals surface area contributed by atoms with Crippen LogP contribution >= 0.6 is 27.7 Å². The van der Waals surface area contributed by atoms with E-state index in [1.165, 1.54) is 11.8 Å². The third kappa shape index (κ3) is 3.26. The molecule has 1 aromatic rings. The van der Waals surface area contributed by atoms with Crippen LogP contribution in [0.4, 0.5) is 0 Å². The van der Waals surface area contributed by atoms with Gasteiger partial charge in [-0.3, -0.25) is 0 Å². The van der Waals surface area contributed by atoms with Crippen molar-refractivity contribution in [1.29, 1.82) is 5.26 Å². The molecule has 3 nitrogen and oxygen atoms in total. The van der Waals surface area contributed by atoms with E-state index in [4.69, 9.17) is 10.4 Å². The van der Waals surface area contributed by atoms with E-state index in [0.717, 1.165) is 11.3 Å². The van der Waals surface area contributed by atoms with Gasteiger partial charge in [-0.25, -0.2) is 4.79 Å². The predicted molar refractivity (Wildman–Crippen MR) is 66.7 cm³/mol. The van der Waals surface area contributed by atoms with Crippen molar-refractivity contribution in [3.8, 4) is 6.07 Å². The maximum Gasteiger partial charge on any atom is 0.336 e. The number of rotatable bonds is 4. The summed E-state index contributed by atoms with van der Waals surface area (Å²) in [7, 11) is 0. The maximum absolute atomic E-state index is 10.9. The van der Waals surface area contributed by atoms with Crippen LogP contribution in [-0.2, 0) is 0 Å². The van der Waals surface area contributed by atoms with E-state index in [9.17, 15) is 4.79 Å². The van der Waals surface area contributed by atoms with E-state index < -0.39 is 5.97 Å². The zero-order valence-corrected chi connectivity index (χ0v) is 11.0. The summed E-state index contributed by atoms with van der Waals surface area (Å²) >= 11 is 4.56. The maximum atomic E-state index is 10.9. The number of carboxylic acids is 1. The van der Waals surface area contributed by atoms with Crippen LogP contribution in [0, 0.1) is 11.3 Å². The lowest BCUT2D eigenvalue weighted by Gasteiger charge is -2.07. The molecule has 84 valence electrons. The van der Waals surface area contributed by atoms with Crippen LogP contribution in [0.2, 0.25) is 0 Å². The van der Waals surface area contributed by atoms with Gasteiger partial charge >= 0.3 is 5.97 Å². The van der Waals surface area contributed by atoms with E-state index in [2.05, 4.69) is 22.0 Å². The van der Waals surface area contributed by atoms with Crippen LogP contribution in [0.15, 0.2) is 27.6 Å². The van der Waals surface area contributed by atoms with Gasteiger partial charge in [0.05, 0.1) is 16.9 Å². The summed E-state index contributed by atoms with van der Waals surface area (Å²) in [5.41, 5.74) is 0.220. The summed E-state index contributed by atoms with van der Waals surface area (Å²) < 4.78 is 0.550. The van der Waals surface area contributed by atoms with Gasteiger partial charge < -0.3 is 5.11 Å². The first-order valence-electron chi connectivity index (χ1n) is 4.67. The molecule has 0 fully saturated rings. The van der Waals surface area contributed by atoms with Gasteiger partial charge in [-0.2, -0.15) is 5.26 Å². The minimum Gasteiger partial charge on any atom is -0.478 e. The Labute approximate surface area is 107 Å². The second-order valence-corrected chi connectivity index (χ2v) is 5.22. The molecule has 0 saturated carbocycles. The normalized spacial score (nSPS) is 11.8. The van der Waals surface area contributed by atoms with Gasteiger partial charge in [-0.1, -0.05) is 6.92 Å². The van der Waals surface area contributed by atoms with Crippen molar-refractivity contribution in [2.75, 3.05) is 0 Å². The number of hydrogen-bond acceptors (Lipinski definition) is 3. The van der Waals surface area contributed by atoms with E-state index >= 15 is 0 Å². The van der Waals surface area contributed by atoms with Gasteiger partial charge in [0.2, 0.25) is 0 Å². The van der Waals surface area contributed by atoms with Crippen LogP contribution in [0.1, 0.15) is 23.7 Å². The molecule has 1 aromatic carbocycles. The lowest BCUT2D eigenvalue weighted by molar-refractivity contribution is 0.0695. The highest BCUT2D eigenvalue weighted by Crippen LogP contribution is 2.28. The first kappa shape index (κ1) is 13.1. The molecule has 0 aliphatic carbocycles. The smallest absolute Gasteiger partial charge is 0.336 e. The molecule has 16 heavy (non-hydrogen) atoms. The van der Waals surface area contributed by atoms with Crippen molar-refractivity contribution in [2.24, 2.45) is 0 Å². The standard InChI is InChI=1S/C11H10BrNO2S/c1-2-7(6-13)16-8-3-4-10(12)9(5-8)11(14)15/h3-5,7H,2H2,1H3,(H,14,15). The number of aromatic carboxylic acids is 1. The number of hydrogen-bond donors (Lipinski definition) is 1. The number of nitriles is 1. The number of carbonyl (C=O) groups is 1. The van der Waals surface area contributed by atoms with Crippen molar-refractivity contribution in [2.45, 2.75) is 23.5 Å². The largest absolute Gasteiger partial charge is 0.478 e. The molecule has 0 amide bonds. The van der Waals surface area contributed by atoms with Gasteiger partial charge in [-0.15, -0.1) is 11.8 Å². The summed E-state index contributed by atoms with van der Waals surface area (Å²) in [4.78, 5) is 11.7. The third-order valence-corrected chi connectivity index (χ3v) is 3.90. The Bertz CT molecular complexity index is 442.